The van der Waals surface area contributed by atoms with E-state index in [1.807, 2.05) is 0 Å². The molecule has 1 heterocycles. The number of piperidine rings is 1. The van der Waals surface area contributed by atoms with Crippen LogP contribution in [0.5, 0.6) is 17.2 Å². The van der Waals surface area contributed by atoms with E-state index in [9.17, 15) is 18.3 Å². The Labute approximate surface area is 178 Å². The van der Waals surface area contributed by atoms with Gasteiger partial charge in [-0.2, -0.15) is 4.31 Å². The standard InChI is InChI=1S/C19H19Cl2NO6S/c1-27-19(24)12-9-14(20)18(15(21)10-12)28-13-5-6-16(23)17(11-13)29(25,26)22-7-3-2-4-8-22/h5-6,9-11,23H,2-4,7-8H2,1H3. The van der Waals surface area contributed by atoms with Crippen LogP contribution >= 0.6 is 23.2 Å². The lowest BCUT2D eigenvalue weighted by molar-refractivity contribution is 0.0600. The Kier molecular flexibility index (Phi) is 6.58. The number of phenolic OH excluding ortho intramolecular Hbond substituents is 1. The molecule has 1 aliphatic heterocycles. The summed E-state index contributed by atoms with van der Waals surface area (Å²) in [6, 6.07) is 6.52. The average Bonchev–Trinajstić information content (AvgIpc) is 2.71. The first-order valence-corrected chi connectivity index (χ1v) is 11.0. The van der Waals surface area contributed by atoms with Crippen LogP contribution in [-0.4, -0.2) is 44.0 Å². The quantitative estimate of drug-likeness (QED) is 0.663. The third-order valence-electron chi connectivity index (χ3n) is 4.50. The van der Waals surface area contributed by atoms with Crippen molar-refractivity contribution in [2.45, 2.75) is 24.2 Å². The van der Waals surface area contributed by atoms with Gasteiger partial charge in [-0.15, -0.1) is 0 Å². The fourth-order valence-electron chi connectivity index (χ4n) is 3.02. The Bertz CT molecular complexity index is 1010. The molecule has 0 amide bonds. The van der Waals surface area contributed by atoms with Crippen molar-refractivity contribution in [3.05, 3.63) is 45.9 Å². The van der Waals surface area contributed by atoms with E-state index in [0.717, 1.165) is 19.3 Å². The van der Waals surface area contributed by atoms with Crippen molar-refractivity contribution in [1.82, 2.24) is 4.31 Å². The number of benzene rings is 2. The van der Waals surface area contributed by atoms with Gasteiger partial charge in [0.15, 0.2) is 5.75 Å². The van der Waals surface area contributed by atoms with Gasteiger partial charge >= 0.3 is 5.97 Å². The lowest BCUT2D eigenvalue weighted by Gasteiger charge is -2.26. The van der Waals surface area contributed by atoms with Crippen LogP contribution in [0.3, 0.4) is 0 Å². The van der Waals surface area contributed by atoms with Crippen LogP contribution in [0.25, 0.3) is 0 Å². The zero-order valence-electron chi connectivity index (χ0n) is 15.5. The van der Waals surface area contributed by atoms with Crippen LogP contribution in [0.4, 0.5) is 0 Å². The van der Waals surface area contributed by atoms with Crippen LogP contribution in [0.15, 0.2) is 35.2 Å². The number of methoxy groups -OCH3 is 1. The summed E-state index contributed by atoms with van der Waals surface area (Å²) in [5.74, 6) is -0.818. The van der Waals surface area contributed by atoms with Crippen molar-refractivity contribution in [3.63, 3.8) is 0 Å². The molecule has 2 aromatic carbocycles. The number of hydrogen-bond donors (Lipinski definition) is 1. The van der Waals surface area contributed by atoms with E-state index in [1.54, 1.807) is 0 Å². The van der Waals surface area contributed by atoms with Gasteiger partial charge in [0.25, 0.3) is 0 Å². The van der Waals surface area contributed by atoms with E-state index < -0.39 is 16.0 Å². The van der Waals surface area contributed by atoms with E-state index in [1.165, 1.54) is 41.7 Å². The summed E-state index contributed by atoms with van der Waals surface area (Å²) in [7, 11) is -2.64. The molecule has 0 unspecified atom stereocenters. The molecule has 0 spiro atoms. The van der Waals surface area contributed by atoms with Crippen molar-refractivity contribution in [3.8, 4) is 17.2 Å². The minimum Gasteiger partial charge on any atom is -0.507 e. The number of carbonyl (C=O) groups is 1. The molecule has 1 saturated heterocycles. The zero-order chi connectivity index (χ0) is 21.2. The zero-order valence-corrected chi connectivity index (χ0v) is 17.9. The molecule has 29 heavy (non-hydrogen) atoms. The Morgan fingerprint density at radius 3 is 2.28 bits per heavy atom. The number of ether oxygens (including phenoxy) is 2. The van der Waals surface area contributed by atoms with Gasteiger partial charge in [-0.05, 0) is 37.1 Å². The summed E-state index contributed by atoms with van der Waals surface area (Å²) in [5.41, 5.74) is 0.147. The number of aromatic hydroxyl groups is 1. The Morgan fingerprint density at radius 1 is 1.07 bits per heavy atom. The van der Waals surface area contributed by atoms with Crippen molar-refractivity contribution in [2.75, 3.05) is 20.2 Å². The smallest absolute Gasteiger partial charge is 0.337 e. The molecule has 156 valence electrons. The van der Waals surface area contributed by atoms with Crippen LogP contribution in [-0.2, 0) is 14.8 Å². The molecule has 2 aromatic rings. The average molecular weight is 460 g/mol. The number of halogens is 2. The summed E-state index contributed by atoms with van der Waals surface area (Å²) in [6.45, 7) is 0.805. The van der Waals surface area contributed by atoms with E-state index in [2.05, 4.69) is 4.74 Å². The van der Waals surface area contributed by atoms with Crippen LogP contribution < -0.4 is 4.74 Å². The minimum atomic E-state index is -3.87. The van der Waals surface area contributed by atoms with E-state index in [0.29, 0.717) is 13.1 Å². The molecule has 7 nitrogen and oxygen atoms in total. The molecule has 10 heteroatoms. The van der Waals surface area contributed by atoms with E-state index >= 15 is 0 Å². The highest BCUT2D eigenvalue weighted by Gasteiger charge is 2.29. The number of hydrogen-bond acceptors (Lipinski definition) is 6. The maximum Gasteiger partial charge on any atom is 0.337 e. The van der Waals surface area contributed by atoms with Gasteiger partial charge in [0.2, 0.25) is 10.0 Å². The van der Waals surface area contributed by atoms with E-state index in [-0.39, 0.29) is 37.8 Å². The van der Waals surface area contributed by atoms with Crippen molar-refractivity contribution in [1.29, 1.82) is 0 Å². The van der Waals surface area contributed by atoms with Gasteiger partial charge in [-0.1, -0.05) is 29.6 Å². The second-order valence-electron chi connectivity index (χ2n) is 6.46. The van der Waals surface area contributed by atoms with Gasteiger partial charge in [-0.25, -0.2) is 13.2 Å². The summed E-state index contributed by atoms with van der Waals surface area (Å²) >= 11 is 12.4. The molecular formula is C19H19Cl2NO6S. The highest BCUT2D eigenvalue weighted by Crippen LogP contribution is 2.39. The molecule has 0 atom stereocenters. The molecule has 0 aromatic heterocycles. The maximum absolute atomic E-state index is 12.9. The second-order valence-corrected chi connectivity index (χ2v) is 9.18. The minimum absolute atomic E-state index is 0.0476. The van der Waals surface area contributed by atoms with Gasteiger partial charge in [0, 0.05) is 19.2 Å². The molecule has 1 fully saturated rings. The monoisotopic (exact) mass is 459 g/mol. The van der Waals surface area contributed by atoms with Crippen molar-refractivity contribution in [2.24, 2.45) is 0 Å². The summed E-state index contributed by atoms with van der Waals surface area (Å²) in [5, 5.41) is 10.2. The molecule has 1 N–H and O–H groups in total. The summed E-state index contributed by atoms with van der Waals surface area (Å²) in [4.78, 5) is 11.4. The molecule has 0 bridgehead atoms. The Morgan fingerprint density at radius 2 is 1.69 bits per heavy atom. The maximum atomic E-state index is 12.9. The summed E-state index contributed by atoms with van der Waals surface area (Å²) < 4.78 is 37.5. The van der Waals surface area contributed by atoms with Gasteiger partial charge in [-0.3, -0.25) is 0 Å². The van der Waals surface area contributed by atoms with Gasteiger partial charge in [0.1, 0.15) is 16.4 Å². The number of rotatable bonds is 5. The Balaban J connectivity index is 1.94. The number of carbonyl (C=O) groups excluding carboxylic acids is 1. The van der Waals surface area contributed by atoms with Crippen LogP contribution in [0, 0.1) is 0 Å². The van der Waals surface area contributed by atoms with E-state index in [4.69, 9.17) is 27.9 Å². The van der Waals surface area contributed by atoms with Crippen molar-refractivity contribution >= 4 is 39.2 Å². The molecule has 0 saturated carbocycles. The topological polar surface area (TPSA) is 93.1 Å². The van der Waals surface area contributed by atoms with Crippen molar-refractivity contribution < 1.29 is 27.8 Å². The second kappa shape index (κ2) is 8.79. The molecule has 0 aliphatic carbocycles. The Hall–Kier alpha value is -2.00. The lowest BCUT2D eigenvalue weighted by Crippen LogP contribution is -2.35. The third-order valence-corrected chi connectivity index (χ3v) is 6.99. The first kappa shape index (κ1) is 21.7. The third kappa shape index (κ3) is 4.61. The summed E-state index contributed by atoms with van der Waals surface area (Å²) in [6.07, 6.45) is 2.52. The number of nitrogens with zero attached hydrogens (tertiary/aromatic N) is 1. The number of esters is 1. The fourth-order valence-corrected chi connectivity index (χ4v) is 5.20. The fraction of sp³-hybridized carbons (Fsp3) is 0.316. The SMILES string of the molecule is COC(=O)c1cc(Cl)c(Oc2ccc(O)c(S(=O)(=O)N3CCCCC3)c2)c(Cl)c1. The highest BCUT2D eigenvalue weighted by atomic mass is 35.5. The largest absolute Gasteiger partial charge is 0.507 e. The number of phenols is 1. The first-order chi connectivity index (χ1) is 13.7. The first-order valence-electron chi connectivity index (χ1n) is 8.82. The van der Waals surface area contributed by atoms with Crippen LogP contribution in [0.2, 0.25) is 10.0 Å². The molecule has 0 radical (unpaired) electrons. The predicted octanol–water partition coefficient (Wildman–Crippen LogP) is 4.45. The lowest BCUT2D eigenvalue weighted by atomic mass is 10.2. The van der Waals surface area contributed by atoms with Gasteiger partial charge < -0.3 is 14.6 Å². The molecule has 1 aliphatic rings. The molecular weight excluding hydrogens is 441 g/mol. The number of sulfonamides is 1. The predicted molar refractivity (Wildman–Crippen MR) is 109 cm³/mol. The normalized spacial score (nSPS) is 15.1. The molecule has 3 rings (SSSR count). The van der Waals surface area contributed by atoms with Gasteiger partial charge in [0.05, 0.1) is 22.7 Å². The van der Waals surface area contributed by atoms with Crippen LogP contribution in [0.1, 0.15) is 29.6 Å². The highest BCUT2D eigenvalue weighted by molar-refractivity contribution is 7.89.